The van der Waals surface area contributed by atoms with Crippen LogP contribution in [0, 0.1) is 0 Å². The van der Waals surface area contributed by atoms with Crippen LogP contribution in [-0.2, 0) is 15.7 Å². The summed E-state index contributed by atoms with van der Waals surface area (Å²) in [4.78, 5) is 29.8. The van der Waals surface area contributed by atoms with Crippen molar-refractivity contribution in [3.63, 3.8) is 0 Å². The van der Waals surface area contributed by atoms with Gasteiger partial charge in [0.05, 0.1) is 0 Å². The first kappa shape index (κ1) is 22.1. The first-order valence-corrected chi connectivity index (χ1v) is 13.5. The molecule has 9 heteroatoms. The van der Waals surface area contributed by atoms with Crippen LogP contribution in [0.1, 0.15) is 33.1 Å². The summed E-state index contributed by atoms with van der Waals surface area (Å²) < 4.78 is 23.4. The number of halogens is 1. The molecule has 0 radical (unpaired) electrons. The minimum atomic E-state index is -2.60. The normalized spacial score (nSPS) is 14.4. The van der Waals surface area contributed by atoms with Crippen LogP contribution in [0.4, 0.5) is 14.7 Å². The number of nitrogens with one attached hydrogen (secondary N) is 1. The van der Waals surface area contributed by atoms with Crippen molar-refractivity contribution in [2.75, 3.05) is 18.1 Å². The van der Waals surface area contributed by atoms with Gasteiger partial charge in [0.1, 0.15) is 0 Å². The van der Waals surface area contributed by atoms with Crippen LogP contribution in [0.3, 0.4) is 0 Å². The van der Waals surface area contributed by atoms with E-state index < -0.39 is 19.6 Å². The maximum absolute atomic E-state index is 13.1. The number of hydrogen-bond acceptors (Lipinski definition) is 4. The number of hydrogen-bond donors (Lipinski definition) is 1. The molecule has 1 aromatic heterocycles. The Morgan fingerprint density at radius 2 is 1.74 bits per heavy atom. The molecule has 1 aliphatic carbocycles. The molecule has 0 spiro atoms. The molecule has 0 saturated carbocycles. The monoisotopic (exact) mass is 504 g/mol. The number of aromatic amines is 1. The van der Waals surface area contributed by atoms with Gasteiger partial charge in [0, 0.05) is 5.92 Å². The van der Waals surface area contributed by atoms with Crippen molar-refractivity contribution in [3.05, 3.63) is 89.1 Å². The standard InChI is InChI=1S/C26H19FN2O4P2/c27-35(34)33-25(30)23-13-20-19-11-12-29(24(19)10-9-22(20)28-23)26(31)32-14-21-17-7-3-1-5-15(17)16-6-2-4-8-18(16)21/h1-10,13,21,28H,11-12,14H2. The first-order chi connectivity index (χ1) is 17.0. The summed E-state index contributed by atoms with van der Waals surface area (Å²) in [5, 5.41) is 0.797. The molecule has 2 aliphatic rings. The van der Waals surface area contributed by atoms with E-state index in [0.717, 1.165) is 27.8 Å². The Kier molecular flexibility index (Phi) is 5.47. The van der Waals surface area contributed by atoms with E-state index in [1.54, 1.807) is 17.0 Å². The Balaban J connectivity index is 1.23. The van der Waals surface area contributed by atoms with Gasteiger partial charge in [-0.05, 0) is 22.3 Å². The molecule has 174 valence electrons. The Hall–Kier alpha value is -3.40. The van der Waals surface area contributed by atoms with E-state index in [9.17, 15) is 13.8 Å². The average molecular weight is 504 g/mol. The first-order valence-electron chi connectivity index (χ1n) is 11.2. The minimum absolute atomic E-state index is 0.0121. The van der Waals surface area contributed by atoms with Gasteiger partial charge < -0.3 is 0 Å². The number of carbonyl (C=O) groups excluding carboxylic acids is 2. The molecule has 6 rings (SSSR count). The van der Waals surface area contributed by atoms with Crippen molar-refractivity contribution in [2.45, 2.75) is 12.3 Å². The van der Waals surface area contributed by atoms with Gasteiger partial charge in [0.2, 0.25) is 0 Å². The summed E-state index contributed by atoms with van der Waals surface area (Å²) in [5.74, 6) is -0.813. The van der Waals surface area contributed by atoms with Crippen molar-refractivity contribution in [3.8, 4) is 11.1 Å². The van der Waals surface area contributed by atoms with Gasteiger partial charge in [-0.15, -0.1) is 0 Å². The number of carbonyl (C=O) groups is 2. The SMILES string of the molecule is O=C(OP(F)#P)c1cc2c3c(ccc2[nH]1)N(C(=O)OCC1c2ccccc2-c2ccccc21)CC3. The van der Waals surface area contributed by atoms with Gasteiger partial charge in [-0.1, -0.05) is 48.5 Å². The number of fused-ring (bicyclic) bond motifs is 6. The average Bonchev–Trinajstić information content (AvgIpc) is 3.55. The quantitative estimate of drug-likeness (QED) is 0.299. The third kappa shape index (κ3) is 3.76. The van der Waals surface area contributed by atoms with Crippen LogP contribution < -0.4 is 4.90 Å². The molecule has 3 aromatic carbocycles. The zero-order valence-electron chi connectivity index (χ0n) is 18.4. The molecule has 2 heterocycles. The van der Waals surface area contributed by atoms with E-state index in [2.05, 4.69) is 42.1 Å². The van der Waals surface area contributed by atoms with E-state index in [4.69, 9.17) is 4.74 Å². The molecule has 1 atom stereocenters. The van der Waals surface area contributed by atoms with Gasteiger partial charge in [-0.25, -0.2) is 0 Å². The van der Waals surface area contributed by atoms with E-state index >= 15 is 0 Å². The molecular weight excluding hydrogens is 485 g/mol. The number of anilines is 1. The fourth-order valence-corrected chi connectivity index (χ4v) is 5.66. The zero-order chi connectivity index (χ0) is 24.1. The molecule has 6 nitrogen and oxygen atoms in total. The molecule has 4 aromatic rings. The summed E-state index contributed by atoms with van der Waals surface area (Å²) in [7, 11) is 0.917. The molecule has 1 unspecified atom stereocenters. The van der Waals surface area contributed by atoms with Crippen LogP contribution in [0.5, 0.6) is 0 Å². The Morgan fingerprint density at radius 3 is 2.43 bits per heavy atom. The maximum atomic E-state index is 13.1. The molecule has 1 aliphatic heterocycles. The van der Waals surface area contributed by atoms with Crippen LogP contribution in [0.15, 0.2) is 66.7 Å². The predicted octanol–water partition coefficient (Wildman–Crippen LogP) is 7.24. The van der Waals surface area contributed by atoms with E-state index in [1.807, 2.05) is 30.3 Å². The summed E-state index contributed by atoms with van der Waals surface area (Å²) in [6.45, 7) is 0.722. The Morgan fingerprint density at radius 1 is 1.06 bits per heavy atom. The second kappa shape index (κ2) is 8.67. The third-order valence-electron chi connectivity index (χ3n) is 6.70. The summed E-state index contributed by atoms with van der Waals surface area (Å²) in [6.07, 6.45) is 0.212. The van der Waals surface area contributed by atoms with E-state index in [1.165, 1.54) is 11.1 Å². The number of benzene rings is 3. The second-order valence-corrected chi connectivity index (χ2v) is 10.1. The predicted molar refractivity (Wildman–Crippen MR) is 135 cm³/mol. The zero-order valence-corrected chi connectivity index (χ0v) is 20.2. The van der Waals surface area contributed by atoms with Gasteiger partial charge in [0.25, 0.3) is 0 Å². The van der Waals surface area contributed by atoms with Crippen molar-refractivity contribution in [2.24, 2.45) is 0 Å². The van der Waals surface area contributed by atoms with Crippen LogP contribution in [-0.4, -0.2) is 30.2 Å². The van der Waals surface area contributed by atoms with Crippen LogP contribution in [0.25, 0.3) is 22.0 Å². The van der Waals surface area contributed by atoms with Crippen molar-refractivity contribution >= 4 is 44.6 Å². The fraction of sp³-hybridized carbons (Fsp3) is 0.154. The van der Waals surface area contributed by atoms with Crippen molar-refractivity contribution < 1.29 is 23.0 Å². The van der Waals surface area contributed by atoms with Crippen LogP contribution >= 0.6 is 15.9 Å². The Labute approximate surface area is 203 Å². The summed E-state index contributed by atoms with van der Waals surface area (Å²) in [6, 6.07) is 21.7. The molecule has 1 N–H and O–H groups in total. The fourth-order valence-electron chi connectivity index (χ4n) is 5.20. The number of rotatable bonds is 3. The van der Waals surface area contributed by atoms with E-state index in [0.29, 0.717) is 18.5 Å². The van der Waals surface area contributed by atoms with Crippen molar-refractivity contribution in [1.29, 1.82) is 0 Å². The van der Waals surface area contributed by atoms with Gasteiger partial charge >= 0.3 is 127 Å². The molecule has 0 saturated heterocycles. The molecular formula is C26H19FN2O4P2. The molecule has 0 fully saturated rings. The van der Waals surface area contributed by atoms with E-state index in [-0.39, 0.29) is 18.2 Å². The number of amides is 1. The molecule has 0 bridgehead atoms. The summed E-state index contributed by atoms with van der Waals surface area (Å²) >= 11 is 0. The number of ether oxygens (including phenoxy) is 1. The van der Waals surface area contributed by atoms with Gasteiger partial charge in [0.15, 0.2) is 0 Å². The third-order valence-corrected chi connectivity index (χ3v) is 7.26. The number of aromatic nitrogens is 1. The van der Waals surface area contributed by atoms with Gasteiger partial charge in [-0.3, -0.25) is 0 Å². The molecule has 1 amide bonds. The summed E-state index contributed by atoms with van der Waals surface area (Å²) in [5.41, 5.74) is 7.22. The number of H-pyrrole nitrogens is 1. The topological polar surface area (TPSA) is 71.6 Å². The number of nitrogens with zero attached hydrogens (tertiary/aromatic N) is 1. The van der Waals surface area contributed by atoms with Crippen molar-refractivity contribution in [1.82, 2.24) is 4.98 Å². The Bertz CT molecular complexity index is 1540. The molecule has 35 heavy (non-hydrogen) atoms. The second-order valence-electron chi connectivity index (χ2n) is 8.52. The van der Waals surface area contributed by atoms with Crippen LogP contribution in [0.2, 0.25) is 0 Å². The van der Waals surface area contributed by atoms with Gasteiger partial charge in [-0.2, -0.15) is 0 Å².